The minimum absolute atomic E-state index is 0.0423. The molecule has 94 valence electrons. The van der Waals surface area contributed by atoms with Gasteiger partial charge in [-0.3, -0.25) is 4.79 Å². The molecule has 0 radical (unpaired) electrons. The van der Waals surface area contributed by atoms with Crippen molar-refractivity contribution in [2.45, 2.75) is 6.18 Å². The van der Waals surface area contributed by atoms with E-state index in [9.17, 15) is 22.4 Å². The van der Waals surface area contributed by atoms with Gasteiger partial charge in [-0.25, -0.2) is 9.37 Å². The number of aromatic nitrogens is 1. The van der Waals surface area contributed by atoms with Gasteiger partial charge in [-0.1, -0.05) is 12.1 Å². The Balaban J connectivity index is 2.38. The van der Waals surface area contributed by atoms with Gasteiger partial charge in [0.25, 0.3) is 5.78 Å². The molecular formula is C11H5F4NOS. The van der Waals surface area contributed by atoms with Crippen LogP contribution >= 0.6 is 11.3 Å². The zero-order valence-corrected chi connectivity index (χ0v) is 9.48. The molecule has 0 fully saturated rings. The summed E-state index contributed by atoms with van der Waals surface area (Å²) in [6, 6.07) is 5.54. The van der Waals surface area contributed by atoms with Crippen molar-refractivity contribution < 1.29 is 22.4 Å². The number of halogens is 4. The Morgan fingerprint density at radius 1 is 1.22 bits per heavy atom. The fourth-order valence-corrected chi connectivity index (χ4v) is 2.18. The van der Waals surface area contributed by atoms with Crippen molar-refractivity contribution in [2.24, 2.45) is 0 Å². The number of ketones is 1. The molecule has 0 saturated carbocycles. The summed E-state index contributed by atoms with van der Waals surface area (Å²) >= 11 is 0.514. The van der Waals surface area contributed by atoms with Gasteiger partial charge in [0.05, 0.1) is 0 Å². The smallest absolute Gasteiger partial charge is 0.283 e. The van der Waals surface area contributed by atoms with E-state index in [4.69, 9.17) is 0 Å². The Labute approximate surface area is 103 Å². The highest BCUT2D eigenvalue weighted by Gasteiger charge is 2.40. The number of alkyl halides is 3. The van der Waals surface area contributed by atoms with Gasteiger partial charge in [0.2, 0.25) is 0 Å². The van der Waals surface area contributed by atoms with Crippen molar-refractivity contribution in [1.29, 1.82) is 0 Å². The maximum atomic E-state index is 13.4. The van der Waals surface area contributed by atoms with E-state index in [1.54, 1.807) is 0 Å². The molecule has 18 heavy (non-hydrogen) atoms. The monoisotopic (exact) mass is 275 g/mol. The van der Waals surface area contributed by atoms with Gasteiger partial charge in [0.1, 0.15) is 15.7 Å². The maximum absolute atomic E-state index is 13.4. The third-order valence-corrected chi connectivity index (χ3v) is 3.12. The van der Waals surface area contributed by atoms with Gasteiger partial charge in [-0.2, -0.15) is 13.2 Å². The molecule has 2 aromatic rings. The summed E-state index contributed by atoms with van der Waals surface area (Å²) < 4.78 is 49.9. The summed E-state index contributed by atoms with van der Waals surface area (Å²) in [5.41, 5.74) is 0.0729. The molecule has 1 aromatic carbocycles. The first-order chi connectivity index (χ1) is 8.39. The molecule has 0 aliphatic carbocycles. The van der Waals surface area contributed by atoms with Gasteiger partial charge >= 0.3 is 6.18 Å². The molecule has 1 aromatic heterocycles. The van der Waals surface area contributed by atoms with Gasteiger partial charge in [0, 0.05) is 11.8 Å². The van der Waals surface area contributed by atoms with Crippen LogP contribution in [-0.4, -0.2) is 16.9 Å². The first-order valence-electron chi connectivity index (χ1n) is 4.72. The highest BCUT2D eigenvalue weighted by Crippen LogP contribution is 2.30. The van der Waals surface area contributed by atoms with Gasteiger partial charge in [-0.05, 0) is 12.1 Å². The van der Waals surface area contributed by atoms with Crippen molar-refractivity contribution in [3.63, 3.8) is 0 Å². The Kier molecular flexibility index (Phi) is 3.16. The number of hydrogen-bond acceptors (Lipinski definition) is 3. The summed E-state index contributed by atoms with van der Waals surface area (Å²) in [7, 11) is 0. The predicted octanol–water partition coefficient (Wildman–Crippen LogP) is 3.69. The fraction of sp³-hybridized carbons (Fsp3) is 0.0909. The number of thiazole rings is 1. The van der Waals surface area contributed by atoms with E-state index in [2.05, 4.69) is 4.98 Å². The normalized spacial score (nSPS) is 11.6. The molecule has 0 atom stereocenters. The number of carbonyl (C=O) groups excluding carboxylic acids is 1. The molecule has 1 heterocycles. The van der Waals surface area contributed by atoms with Crippen LogP contribution in [0.15, 0.2) is 30.5 Å². The quantitative estimate of drug-likeness (QED) is 0.618. The summed E-state index contributed by atoms with van der Waals surface area (Å²) in [5.74, 6) is -2.57. The van der Waals surface area contributed by atoms with E-state index in [0.717, 1.165) is 6.20 Å². The van der Waals surface area contributed by atoms with E-state index in [1.165, 1.54) is 24.3 Å². The fourth-order valence-electron chi connectivity index (χ4n) is 1.28. The van der Waals surface area contributed by atoms with Crippen LogP contribution in [0.3, 0.4) is 0 Å². The van der Waals surface area contributed by atoms with Crippen molar-refractivity contribution in [3.8, 4) is 10.6 Å². The molecule has 0 aliphatic heterocycles. The maximum Gasteiger partial charge on any atom is 0.455 e. The largest absolute Gasteiger partial charge is 0.455 e. The standard InChI is InChI=1S/C11H5F4NOS/c12-7-4-2-1-3-6(7)10-16-5-8(18-10)9(17)11(13,14)15/h1-5H. The second-order valence-electron chi connectivity index (χ2n) is 3.34. The van der Waals surface area contributed by atoms with E-state index in [1.807, 2.05) is 0 Å². The number of hydrogen-bond donors (Lipinski definition) is 0. The number of benzene rings is 1. The Bertz CT molecular complexity index is 591. The molecule has 0 unspecified atom stereocenters. The molecule has 0 N–H and O–H groups in total. The molecule has 2 rings (SSSR count). The van der Waals surface area contributed by atoms with E-state index in [0.29, 0.717) is 11.3 Å². The molecule has 0 bridgehead atoms. The van der Waals surface area contributed by atoms with E-state index in [-0.39, 0.29) is 10.6 Å². The van der Waals surface area contributed by atoms with Crippen molar-refractivity contribution in [3.05, 3.63) is 41.2 Å². The first kappa shape index (κ1) is 12.7. The lowest BCUT2D eigenvalue weighted by molar-refractivity contribution is -0.0882. The second-order valence-corrected chi connectivity index (χ2v) is 4.37. The average Bonchev–Trinajstić information content (AvgIpc) is 2.76. The van der Waals surface area contributed by atoms with Crippen LogP contribution in [0.4, 0.5) is 17.6 Å². The number of carbonyl (C=O) groups is 1. The Morgan fingerprint density at radius 3 is 2.50 bits per heavy atom. The van der Waals surface area contributed by atoms with E-state index >= 15 is 0 Å². The molecule has 2 nitrogen and oxygen atoms in total. The lowest BCUT2D eigenvalue weighted by atomic mass is 10.2. The van der Waals surface area contributed by atoms with Crippen LogP contribution in [0.2, 0.25) is 0 Å². The topological polar surface area (TPSA) is 30.0 Å². The minimum Gasteiger partial charge on any atom is -0.283 e. The SMILES string of the molecule is O=C(c1cnc(-c2ccccc2F)s1)C(F)(F)F. The zero-order valence-electron chi connectivity index (χ0n) is 8.66. The molecule has 7 heteroatoms. The number of nitrogens with zero attached hydrogens (tertiary/aromatic N) is 1. The third-order valence-electron chi connectivity index (χ3n) is 2.09. The van der Waals surface area contributed by atoms with Crippen molar-refractivity contribution in [1.82, 2.24) is 4.98 Å². The highest BCUT2D eigenvalue weighted by atomic mass is 32.1. The van der Waals surface area contributed by atoms with Crippen LogP contribution in [0, 0.1) is 5.82 Å². The molecule has 0 spiro atoms. The Morgan fingerprint density at radius 2 is 1.89 bits per heavy atom. The Hall–Kier alpha value is -1.76. The molecule has 0 saturated heterocycles. The third kappa shape index (κ3) is 2.40. The zero-order chi connectivity index (χ0) is 13.3. The molecular weight excluding hydrogens is 270 g/mol. The lowest BCUT2D eigenvalue weighted by Gasteiger charge is -2.00. The van der Waals surface area contributed by atoms with Crippen LogP contribution in [-0.2, 0) is 0 Å². The minimum atomic E-state index is -4.95. The van der Waals surface area contributed by atoms with Gasteiger partial charge < -0.3 is 0 Å². The summed E-state index contributed by atoms with van der Waals surface area (Å²) in [6.07, 6.45) is -4.14. The van der Waals surface area contributed by atoms with Crippen molar-refractivity contribution >= 4 is 17.1 Å². The predicted molar refractivity (Wildman–Crippen MR) is 57.9 cm³/mol. The molecule has 0 amide bonds. The summed E-state index contributed by atoms with van der Waals surface area (Å²) in [6.45, 7) is 0. The number of Topliss-reactive ketones (excluding diaryl/α,β-unsaturated/α-hetero) is 1. The van der Waals surface area contributed by atoms with Gasteiger partial charge in [0.15, 0.2) is 0 Å². The lowest BCUT2D eigenvalue weighted by Crippen LogP contribution is -2.21. The van der Waals surface area contributed by atoms with Crippen molar-refractivity contribution in [2.75, 3.05) is 0 Å². The second kappa shape index (κ2) is 4.49. The van der Waals surface area contributed by atoms with E-state index < -0.39 is 22.7 Å². The first-order valence-corrected chi connectivity index (χ1v) is 5.53. The van der Waals surface area contributed by atoms with Crippen LogP contribution < -0.4 is 0 Å². The average molecular weight is 275 g/mol. The van der Waals surface area contributed by atoms with Crippen LogP contribution in [0.5, 0.6) is 0 Å². The van der Waals surface area contributed by atoms with Gasteiger partial charge in [-0.15, -0.1) is 11.3 Å². The summed E-state index contributed by atoms with van der Waals surface area (Å²) in [4.78, 5) is 14.0. The van der Waals surface area contributed by atoms with Crippen LogP contribution in [0.1, 0.15) is 9.67 Å². The molecule has 0 aliphatic rings. The highest BCUT2D eigenvalue weighted by molar-refractivity contribution is 7.17. The summed E-state index contributed by atoms with van der Waals surface area (Å²) in [5, 5.41) is 0.0423. The number of rotatable bonds is 2. The van der Waals surface area contributed by atoms with Crippen LogP contribution in [0.25, 0.3) is 10.6 Å².